The number of carbonyl (C=O) groups is 1. The summed E-state index contributed by atoms with van der Waals surface area (Å²) in [6, 6.07) is 4.05. The summed E-state index contributed by atoms with van der Waals surface area (Å²) < 4.78 is 0. The molecule has 0 bridgehead atoms. The molecule has 2 rings (SSSR count). The molecule has 3 nitrogen and oxygen atoms in total. The van der Waals surface area contributed by atoms with Crippen molar-refractivity contribution in [1.29, 1.82) is 0 Å². The second-order valence-corrected chi connectivity index (χ2v) is 6.11. The number of rotatable bonds is 1. The molecular weight excluding hydrogens is 248 g/mol. The van der Waals surface area contributed by atoms with Crippen LogP contribution in [0.3, 0.4) is 0 Å². The number of piperazine rings is 1. The molecular formula is C14H19ClN2O. The van der Waals surface area contributed by atoms with Crippen LogP contribution in [0.2, 0.25) is 5.02 Å². The Morgan fingerprint density at radius 2 is 2.00 bits per heavy atom. The number of hydrogen-bond donors (Lipinski definition) is 1. The van der Waals surface area contributed by atoms with E-state index < -0.39 is 0 Å². The first-order valence-corrected chi connectivity index (χ1v) is 6.49. The van der Waals surface area contributed by atoms with Crippen LogP contribution in [0.15, 0.2) is 12.1 Å². The number of nitrogens with zero attached hydrogens (tertiary/aromatic N) is 1. The van der Waals surface area contributed by atoms with Crippen molar-refractivity contribution in [3.8, 4) is 0 Å². The van der Waals surface area contributed by atoms with Gasteiger partial charge < -0.3 is 10.2 Å². The van der Waals surface area contributed by atoms with Gasteiger partial charge in [-0.1, -0.05) is 17.7 Å². The molecule has 1 fully saturated rings. The summed E-state index contributed by atoms with van der Waals surface area (Å²) in [6.45, 7) is 9.24. The second-order valence-electron chi connectivity index (χ2n) is 5.70. The van der Waals surface area contributed by atoms with E-state index in [1.54, 1.807) is 0 Å². The average molecular weight is 267 g/mol. The Morgan fingerprint density at radius 3 is 2.56 bits per heavy atom. The van der Waals surface area contributed by atoms with Gasteiger partial charge in [0, 0.05) is 6.54 Å². The molecule has 0 radical (unpaired) electrons. The van der Waals surface area contributed by atoms with Crippen LogP contribution in [0.25, 0.3) is 0 Å². The zero-order valence-corrected chi connectivity index (χ0v) is 12.1. The zero-order chi connectivity index (χ0) is 13.5. The van der Waals surface area contributed by atoms with Crippen LogP contribution in [0.5, 0.6) is 0 Å². The van der Waals surface area contributed by atoms with Gasteiger partial charge in [0.1, 0.15) is 0 Å². The van der Waals surface area contributed by atoms with Gasteiger partial charge in [-0.3, -0.25) is 4.79 Å². The summed E-state index contributed by atoms with van der Waals surface area (Å²) in [5.41, 5.74) is 3.01. The lowest BCUT2D eigenvalue weighted by Crippen LogP contribution is -2.60. The van der Waals surface area contributed by atoms with E-state index in [1.807, 2.05) is 33.8 Å². The highest BCUT2D eigenvalue weighted by molar-refractivity contribution is 6.33. The van der Waals surface area contributed by atoms with E-state index in [0.717, 1.165) is 28.4 Å². The molecule has 4 heteroatoms. The van der Waals surface area contributed by atoms with Crippen molar-refractivity contribution in [3.05, 3.63) is 28.3 Å². The maximum absolute atomic E-state index is 11.8. The van der Waals surface area contributed by atoms with Crippen LogP contribution in [0, 0.1) is 13.8 Å². The minimum absolute atomic E-state index is 0.0438. The maximum atomic E-state index is 11.8. The lowest BCUT2D eigenvalue weighted by molar-refractivity contribution is -0.122. The lowest BCUT2D eigenvalue weighted by atomic mass is 10.00. The van der Waals surface area contributed by atoms with Crippen LogP contribution in [-0.2, 0) is 4.79 Å². The largest absolute Gasteiger partial charge is 0.358 e. The molecule has 1 aromatic carbocycles. The van der Waals surface area contributed by atoms with Crippen molar-refractivity contribution in [3.63, 3.8) is 0 Å². The van der Waals surface area contributed by atoms with E-state index in [0.29, 0.717) is 6.54 Å². The van der Waals surface area contributed by atoms with Crippen LogP contribution >= 0.6 is 11.6 Å². The van der Waals surface area contributed by atoms with E-state index in [2.05, 4.69) is 16.3 Å². The number of aryl methyl sites for hydroxylation is 2. The third-order valence-corrected chi connectivity index (χ3v) is 3.40. The summed E-state index contributed by atoms with van der Waals surface area (Å²) in [6.07, 6.45) is 0. The standard InChI is InChI=1S/C14H19ClN2O/c1-9-5-10(2)13(11(15)6-9)17-7-12(18)16-14(3,4)8-17/h5-6H,7-8H2,1-4H3,(H,16,18). The Hall–Kier alpha value is -1.22. The molecule has 98 valence electrons. The third-order valence-electron chi connectivity index (χ3n) is 3.11. The maximum Gasteiger partial charge on any atom is 0.239 e. The molecule has 0 aromatic heterocycles. The van der Waals surface area contributed by atoms with E-state index in [-0.39, 0.29) is 11.4 Å². The number of halogens is 1. The van der Waals surface area contributed by atoms with Gasteiger partial charge in [-0.15, -0.1) is 0 Å². The summed E-state index contributed by atoms with van der Waals surface area (Å²) in [4.78, 5) is 13.8. The Labute approximate surface area is 113 Å². The van der Waals surface area contributed by atoms with Gasteiger partial charge in [0.15, 0.2) is 0 Å². The van der Waals surface area contributed by atoms with Gasteiger partial charge in [0.05, 0.1) is 22.8 Å². The Bertz CT molecular complexity index is 474. The topological polar surface area (TPSA) is 32.3 Å². The summed E-state index contributed by atoms with van der Waals surface area (Å²) >= 11 is 6.34. The number of nitrogens with one attached hydrogen (secondary N) is 1. The highest BCUT2D eigenvalue weighted by atomic mass is 35.5. The molecule has 0 spiro atoms. The van der Waals surface area contributed by atoms with Gasteiger partial charge in [-0.25, -0.2) is 0 Å². The highest BCUT2D eigenvalue weighted by Crippen LogP contribution is 2.32. The molecule has 1 amide bonds. The number of anilines is 1. The smallest absolute Gasteiger partial charge is 0.239 e. The van der Waals surface area contributed by atoms with E-state index in [1.165, 1.54) is 0 Å². The number of benzene rings is 1. The van der Waals surface area contributed by atoms with E-state index >= 15 is 0 Å². The molecule has 18 heavy (non-hydrogen) atoms. The first kappa shape index (κ1) is 13.2. The Morgan fingerprint density at radius 1 is 1.33 bits per heavy atom. The first-order valence-electron chi connectivity index (χ1n) is 6.11. The first-order chi connectivity index (χ1) is 8.28. The van der Waals surface area contributed by atoms with Crippen molar-refractivity contribution >= 4 is 23.2 Å². The highest BCUT2D eigenvalue weighted by Gasteiger charge is 2.31. The van der Waals surface area contributed by atoms with Crippen molar-refractivity contribution < 1.29 is 4.79 Å². The van der Waals surface area contributed by atoms with Crippen LogP contribution in [0.4, 0.5) is 5.69 Å². The average Bonchev–Trinajstić information content (AvgIpc) is 2.11. The number of hydrogen-bond acceptors (Lipinski definition) is 2. The van der Waals surface area contributed by atoms with Crippen molar-refractivity contribution in [2.45, 2.75) is 33.2 Å². The van der Waals surface area contributed by atoms with Gasteiger partial charge in [0.25, 0.3) is 0 Å². The quantitative estimate of drug-likeness (QED) is 0.848. The van der Waals surface area contributed by atoms with Crippen molar-refractivity contribution in [1.82, 2.24) is 5.32 Å². The normalized spacial score (nSPS) is 18.7. The van der Waals surface area contributed by atoms with Crippen LogP contribution < -0.4 is 10.2 Å². The third kappa shape index (κ3) is 2.61. The molecule has 1 aliphatic rings. The molecule has 1 saturated heterocycles. The minimum atomic E-state index is -0.226. The van der Waals surface area contributed by atoms with Crippen LogP contribution in [-0.4, -0.2) is 24.5 Å². The summed E-state index contributed by atoms with van der Waals surface area (Å²) in [5.74, 6) is 0.0438. The molecule has 0 saturated carbocycles. The number of amides is 1. The molecule has 0 unspecified atom stereocenters. The van der Waals surface area contributed by atoms with E-state index in [4.69, 9.17) is 11.6 Å². The van der Waals surface area contributed by atoms with Crippen LogP contribution in [0.1, 0.15) is 25.0 Å². The monoisotopic (exact) mass is 266 g/mol. The van der Waals surface area contributed by atoms with Crippen molar-refractivity contribution in [2.24, 2.45) is 0 Å². The van der Waals surface area contributed by atoms with Crippen molar-refractivity contribution in [2.75, 3.05) is 18.0 Å². The fourth-order valence-electron chi connectivity index (χ4n) is 2.63. The SMILES string of the molecule is Cc1cc(C)c(N2CC(=O)NC(C)(C)C2)c(Cl)c1. The zero-order valence-electron chi connectivity index (χ0n) is 11.3. The molecule has 1 heterocycles. The molecule has 1 aliphatic heterocycles. The molecule has 0 aliphatic carbocycles. The number of carbonyl (C=O) groups excluding carboxylic acids is 1. The fraction of sp³-hybridized carbons (Fsp3) is 0.500. The predicted molar refractivity (Wildman–Crippen MR) is 75.4 cm³/mol. The summed E-state index contributed by atoms with van der Waals surface area (Å²) in [5, 5.41) is 3.70. The molecule has 1 aromatic rings. The van der Waals surface area contributed by atoms with E-state index in [9.17, 15) is 4.79 Å². The van der Waals surface area contributed by atoms with Gasteiger partial charge >= 0.3 is 0 Å². The predicted octanol–water partition coefficient (Wildman–Crippen LogP) is 2.67. The van der Waals surface area contributed by atoms with Gasteiger partial charge in [0.2, 0.25) is 5.91 Å². The molecule has 0 atom stereocenters. The lowest BCUT2D eigenvalue weighted by Gasteiger charge is -2.40. The Balaban J connectivity index is 2.40. The molecule has 1 N–H and O–H groups in total. The Kier molecular flexibility index (Phi) is 3.28. The minimum Gasteiger partial charge on any atom is -0.358 e. The second kappa shape index (κ2) is 4.47. The fourth-order valence-corrected chi connectivity index (χ4v) is 3.07. The van der Waals surface area contributed by atoms with Gasteiger partial charge in [-0.2, -0.15) is 0 Å². The van der Waals surface area contributed by atoms with Gasteiger partial charge in [-0.05, 0) is 44.9 Å². The summed E-state index contributed by atoms with van der Waals surface area (Å²) in [7, 11) is 0.